The first-order valence-corrected chi connectivity index (χ1v) is 7.05. The molecule has 0 aromatic heterocycles. The lowest BCUT2D eigenvalue weighted by Crippen LogP contribution is -2.27. The van der Waals surface area contributed by atoms with Crippen LogP contribution < -0.4 is 5.32 Å². The van der Waals surface area contributed by atoms with Crippen LogP contribution in [0.2, 0.25) is 5.02 Å². The average molecular weight is 299 g/mol. The predicted molar refractivity (Wildman–Crippen MR) is 83.0 cm³/mol. The van der Waals surface area contributed by atoms with Crippen LogP contribution in [0.1, 0.15) is 16.7 Å². The molecule has 0 heterocycles. The molecule has 106 valence electrons. The summed E-state index contributed by atoms with van der Waals surface area (Å²) in [7, 11) is 0. The molecule has 3 nitrogen and oxygen atoms in total. The Morgan fingerprint density at radius 1 is 1.05 bits per heavy atom. The van der Waals surface area contributed by atoms with E-state index in [1.807, 2.05) is 24.3 Å². The Bertz CT molecular complexity index is 642. The lowest BCUT2D eigenvalue weighted by atomic mass is 10.1. The quantitative estimate of drug-likeness (QED) is 0.922. The van der Waals surface area contributed by atoms with Gasteiger partial charge in [-0.2, -0.15) is 5.26 Å². The molecule has 2 rings (SSSR count). The van der Waals surface area contributed by atoms with Crippen LogP contribution in [0.25, 0.3) is 0 Å². The van der Waals surface area contributed by atoms with Crippen LogP contribution in [-0.4, -0.2) is 12.5 Å². The molecule has 4 heteroatoms. The molecule has 0 aliphatic carbocycles. The smallest absolute Gasteiger partial charge is 0.224 e. The first-order chi connectivity index (χ1) is 10.2. The van der Waals surface area contributed by atoms with Crippen LogP contribution >= 0.6 is 11.6 Å². The number of benzene rings is 2. The third-order valence-electron chi connectivity index (χ3n) is 3.10. The summed E-state index contributed by atoms with van der Waals surface area (Å²) in [5.74, 6) is -0.0197. The van der Waals surface area contributed by atoms with E-state index in [0.717, 1.165) is 17.5 Å². The van der Waals surface area contributed by atoms with Crippen molar-refractivity contribution in [1.29, 1.82) is 5.26 Å². The van der Waals surface area contributed by atoms with Crippen LogP contribution in [0.5, 0.6) is 0 Å². The van der Waals surface area contributed by atoms with Gasteiger partial charge in [0, 0.05) is 11.6 Å². The Morgan fingerprint density at radius 2 is 1.67 bits per heavy atom. The van der Waals surface area contributed by atoms with Gasteiger partial charge in [-0.05, 0) is 41.8 Å². The minimum absolute atomic E-state index is 0.0197. The second-order valence-corrected chi connectivity index (χ2v) is 5.15. The lowest BCUT2D eigenvalue weighted by molar-refractivity contribution is -0.120. The van der Waals surface area contributed by atoms with E-state index in [-0.39, 0.29) is 5.91 Å². The third kappa shape index (κ3) is 4.94. The Balaban J connectivity index is 1.76. The van der Waals surface area contributed by atoms with Crippen molar-refractivity contribution in [2.45, 2.75) is 12.8 Å². The number of hydrogen-bond donors (Lipinski definition) is 1. The standard InChI is InChI=1S/C17H15ClN2O/c18-16-7-5-13(6-8-16)9-10-20-17(21)11-14-1-3-15(12-19)4-2-14/h1-8H,9-11H2,(H,20,21). The summed E-state index contributed by atoms with van der Waals surface area (Å²) in [4.78, 5) is 11.8. The van der Waals surface area contributed by atoms with Gasteiger partial charge in [-0.3, -0.25) is 4.79 Å². The van der Waals surface area contributed by atoms with Gasteiger partial charge >= 0.3 is 0 Å². The van der Waals surface area contributed by atoms with Gasteiger partial charge < -0.3 is 5.32 Å². The first kappa shape index (κ1) is 15.1. The first-order valence-electron chi connectivity index (χ1n) is 6.67. The molecule has 2 aromatic carbocycles. The van der Waals surface area contributed by atoms with E-state index in [1.165, 1.54) is 0 Å². The molecule has 0 spiro atoms. The van der Waals surface area contributed by atoms with Crippen LogP contribution in [0.4, 0.5) is 0 Å². The number of nitrogens with one attached hydrogen (secondary N) is 1. The zero-order valence-electron chi connectivity index (χ0n) is 11.5. The number of rotatable bonds is 5. The van der Waals surface area contributed by atoms with Gasteiger partial charge in [-0.25, -0.2) is 0 Å². The molecule has 0 aliphatic rings. The number of nitrogens with zero attached hydrogens (tertiary/aromatic N) is 1. The maximum absolute atomic E-state index is 11.8. The fourth-order valence-electron chi connectivity index (χ4n) is 1.94. The van der Waals surface area contributed by atoms with Gasteiger partial charge in [0.1, 0.15) is 0 Å². The van der Waals surface area contributed by atoms with Crippen molar-refractivity contribution >= 4 is 17.5 Å². The topological polar surface area (TPSA) is 52.9 Å². The molecule has 2 aromatic rings. The molecule has 0 radical (unpaired) electrons. The van der Waals surface area contributed by atoms with Crippen LogP contribution in [-0.2, 0) is 17.6 Å². The van der Waals surface area contributed by atoms with E-state index < -0.39 is 0 Å². The fraction of sp³-hybridized carbons (Fsp3) is 0.176. The number of carbonyl (C=O) groups excluding carboxylic acids is 1. The number of carbonyl (C=O) groups is 1. The van der Waals surface area contributed by atoms with E-state index in [0.29, 0.717) is 23.6 Å². The molecular formula is C17H15ClN2O. The van der Waals surface area contributed by atoms with E-state index >= 15 is 0 Å². The van der Waals surface area contributed by atoms with Gasteiger partial charge in [-0.15, -0.1) is 0 Å². The second kappa shape index (κ2) is 7.47. The third-order valence-corrected chi connectivity index (χ3v) is 3.35. The largest absolute Gasteiger partial charge is 0.355 e. The number of amides is 1. The number of halogens is 1. The summed E-state index contributed by atoms with van der Waals surface area (Å²) in [6.07, 6.45) is 1.10. The van der Waals surface area contributed by atoms with Crippen LogP contribution in [0.3, 0.4) is 0 Å². The molecule has 1 N–H and O–H groups in total. The second-order valence-electron chi connectivity index (χ2n) is 4.71. The van der Waals surface area contributed by atoms with E-state index in [1.54, 1.807) is 24.3 Å². The highest BCUT2D eigenvalue weighted by molar-refractivity contribution is 6.30. The Labute approximate surface area is 129 Å². The SMILES string of the molecule is N#Cc1ccc(CC(=O)NCCc2ccc(Cl)cc2)cc1. The van der Waals surface area contributed by atoms with Gasteiger partial charge in [0.2, 0.25) is 5.91 Å². The van der Waals surface area contributed by atoms with Gasteiger partial charge in [0.15, 0.2) is 0 Å². The maximum Gasteiger partial charge on any atom is 0.224 e. The molecular weight excluding hydrogens is 284 g/mol. The minimum Gasteiger partial charge on any atom is -0.355 e. The van der Waals surface area contributed by atoms with Crippen molar-refractivity contribution in [1.82, 2.24) is 5.32 Å². The van der Waals surface area contributed by atoms with Gasteiger partial charge in [-0.1, -0.05) is 35.9 Å². The van der Waals surface area contributed by atoms with E-state index in [4.69, 9.17) is 16.9 Å². The molecule has 0 saturated carbocycles. The normalized spacial score (nSPS) is 9.90. The van der Waals surface area contributed by atoms with Crippen molar-refractivity contribution in [2.75, 3.05) is 6.54 Å². The van der Waals surface area contributed by atoms with E-state index in [2.05, 4.69) is 11.4 Å². The zero-order valence-corrected chi connectivity index (χ0v) is 12.2. The highest BCUT2D eigenvalue weighted by atomic mass is 35.5. The molecule has 1 amide bonds. The summed E-state index contributed by atoms with van der Waals surface area (Å²) in [5, 5.41) is 12.3. The lowest BCUT2D eigenvalue weighted by Gasteiger charge is -2.06. The molecule has 0 bridgehead atoms. The van der Waals surface area contributed by atoms with Crippen molar-refractivity contribution in [3.8, 4) is 6.07 Å². The molecule has 0 fully saturated rings. The van der Waals surface area contributed by atoms with Crippen molar-refractivity contribution in [2.24, 2.45) is 0 Å². The summed E-state index contributed by atoms with van der Waals surface area (Å²) in [6.45, 7) is 0.594. The van der Waals surface area contributed by atoms with Gasteiger partial charge in [0.05, 0.1) is 18.1 Å². The maximum atomic E-state index is 11.8. The number of nitriles is 1. The molecule has 21 heavy (non-hydrogen) atoms. The van der Waals surface area contributed by atoms with Crippen LogP contribution in [0.15, 0.2) is 48.5 Å². The fourth-order valence-corrected chi connectivity index (χ4v) is 2.07. The van der Waals surface area contributed by atoms with Gasteiger partial charge in [0.25, 0.3) is 0 Å². The summed E-state index contributed by atoms with van der Waals surface area (Å²) < 4.78 is 0. The molecule has 0 unspecified atom stereocenters. The van der Waals surface area contributed by atoms with E-state index in [9.17, 15) is 4.79 Å². The van der Waals surface area contributed by atoms with Crippen molar-refractivity contribution in [3.05, 3.63) is 70.2 Å². The Kier molecular flexibility index (Phi) is 5.36. The Morgan fingerprint density at radius 3 is 2.29 bits per heavy atom. The molecule has 0 aliphatic heterocycles. The Hall–Kier alpha value is -2.31. The summed E-state index contributed by atoms with van der Waals surface area (Å²) in [5.41, 5.74) is 2.64. The average Bonchev–Trinajstić information content (AvgIpc) is 2.50. The molecule has 0 atom stereocenters. The highest BCUT2D eigenvalue weighted by Crippen LogP contribution is 2.09. The number of hydrogen-bond acceptors (Lipinski definition) is 2. The predicted octanol–water partition coefficient (Wildman–Crippen LogP) is 3.11. The summed E-state index contributed by atoms with van der Waals surface area (Å²) in [6, 6.07) is 16.7. The minimum atomic E-state index is -0.0197. The van der Waals surface area contributed by atoms with Crippen molar-refractivity contribution in [3.63, 3.8) is 0 Å². The zero-order chi connectivity index (χ0) is 15.1. The highest BCUT2D eigenvalue weighted by Gasteiger charge is 2.03. The van der Waals surface area contributed by atoms with Crippen LogP contribution in [0, 0.1) is 11.3 Å². The van der Waals surface area contributed by atoms with Crippen molar-refractivity contribution < 1.29 is 4.79 Å². The molecule has 0 saturated heterocycles. The summed E-state index contributed by atoms with van der Waals surface area (Å²) >= 11 is 5.82. The monoisotopic (exact) mass is 298 g/mol.